The molecule has 0 unspecified atom stereocenters. The Kier molecular flexibility index (Phi) is 5.37. The maximum Gasteiger partial charge on any atom is 0.323 e. The molecule has 0 N–H and O–H groups in total. The van der Waals surface area contributed by atoms with Gasteiger partial charge in [0.05, 0.1) is 19.9 Å². The van der Waals surface area contributed by atoms with Crippen LogP contribution in [0.2, 0.25) is 0 Å². The standard InChI is InChI=1S/C25H27NO4/c1-26-20-12-8-7-11-19(20)21(22(26)18-9-5-4-6-10-18)17-13-15-25(16-14-17,23(27)29-2)24(28)30-3/h4-12,17H,13-16H2,1-3H3. The third-order valence-corrected chi connectivity index (χ3v) is 6.59. The van der Waals surface area contributed by atoms with E-state index < -0.39 is 17.4 Å². The van der Waals surface area contributed by atoms with Crippen LogP contribution < -0.4 is 0 Å². The number of nitrogens with zero attached hydrogens (tertiary/aromatic N) is 1. The van der Waals surface area contributed by atoms with Gasteiger partial charge in [0, 0.05) is 18.0 Å². The summed E-state index contributed by atoms with van der Waals surface area (Å²) in [5.74, 6) is -0.739. The van der Waals surface area contributed by atoms with E-state index in [9.17, 15) is 9.59 Å². The summed E-state index contributed by atoms with van der Waals surface area (Å²) >= 11 is 0. The number of carbonyl (C=O) groups excluding carboxylic acids is 2. The van der Waals surface area contributed by atoms with Crippen LogP contribution in [-0.4, -0.2) is 30.7 Å². The molecule has 0 aliphatic heterocycles. The molecule has 1 aliphatic carbocycles. The van der Waals surface area contributed by atoms with Crippen LogP contribution in [0, 0.1) is 5.41 Å². The first-order valence-corrected chi connectivity index (χ1v) is 10.3. The van der Waals surface area contributed by atoms with E-state index in [1.54, 1.807) is 0 Å². The molecule has 2 aromatic carbocycles. The van der Waals surface area contributed by atoms with Gasteiger partial charge in [0.15, 0.2) is 5.41 Å². The summed E-state index contributed by atoms with van der Waals surface area (Å²) < 4.78 is 12.2. The predicted molar refractivity (Wildman–Crippen MR) is 116 cm³/mol. The molecular weight excluding hydrogens is 378 g/mol. The highest BCUT2D eigenvalue weighted by Crippen LogP contribution is 2.49. The maximum absolute atomic E-state index is 12.5. The van der Waals surface area contributed by atoms with Crippen molar-refractivity contribution in [1.29, 1.82) is 0 Å². The third kappa shape index (κ3) is 3.09. The van der Waals surface area contributed by atoms with Crippen molar-refractivity contribution < 1.29 is 19.1 Å². The third-order valence-electron chi connectivity index (χ3n) is 6.59. The molecule has 5 heteroatoms. The topological polar surface area (TPSA) is 57.5 Å². The second kappa shape index (κ2) is 7.98. The molecule has 1 aliphatic rings. The zero-order valence-electron chi connectivity index (χ0n) is 17.7. The Bertz CT molecular complexity index is 1060. The monoisotopic (exact) mass is 405 g/mol. The lowest BCUT2D eigenvalue weighted by atomic mass is 9.68. The van der Waals surface area contributed by atoms with Crippen LogP contribution >= 0.6 is 0 Å². The van der Waals surface area contributed by atoms with Gasteiger partial charge in [-0.25, -0.2) is 0 Å². The van der Waals surface area contributed by atoms with E-state index in [4.69, 9.17) is 9.47 Å². The fraction of sp³-hybridized carbons (Fsp3) is 0.360. The van der Waals surface area contributed by atoms with Gasteiger partial charge in [0.2, 0.25) is 0 Å². The lowest BCUT2D eigenvalue weighted by molar-refractivity contribution is -0.172. The Morgan fingerprint density at radius 2 is 1.47 bits per heavy atom. The van der Waals surface area contributed by atoms with Gasteiger partial charge in [0.25, 0.3) is 0 Å². The lowest BCUT2D eigenvalue weighted by Gasteiger charge is -2.35. The van der Waals surface area contributed by atoms with Crippen molar-refractivity contribution >= 4 is 22.8 Å². The number of fused-ring (bicyclic) bond motifs is 1. The average molecular weight is 405 g/mol. The van der Waals surface area contributed by atoms with Gasteiger partial charge in [-0.05, 0) is 48.8 Å². The molecule has 3 aromatic rings. The van der Waals surface area contributed by atoms with E-state index in [0.717, 1.165) is 12.8 Å². The average Bonchev–Trinajstić information content (AvgIpc) is 3.11. The van der Waals surface area contributed by atoms with Crippen molar-refractivity contribution in [3.05, 3.63) is 60.2 Å². The van der Waals surface area contributed by atoms with Crippen LogP contribution in [0.5, 0.6) is 0 Å². The number of hydrogen-bond donors (Lipinski definition) is 0. The first kappa shape index (κ1) is 20.2. The summed E-state index contributed by atoms with van der Waals surface area (Å²) in [6, 6.07) is 18.8. The smallest absolute Gasteiger partial charge is 0.323 e. The van der Waals surface area contributed by atoms with Crippen molar-refractivity contribution in [3.63, 3.8) is 0 Å². The van der Waals surface area contributed by atoms with Gasteiger partial charge in [-0.15, -0.1) is 0 Å². The van der Waals surface area contributed by atoms with Crippen molar-refractivity contribution in [2.24, 2.45) is 12.5 Å². The number of benzene rings is 2. The van der Waals surface area contributed by atoms with Gasteiger partial charge >= 0.3 is 11.9 Å². The fourth-order valence-corrected chi connectivity index (χ4v) is 5.06. The van der Waals surface area contributed by atoms with E-state index in [-0.39, 0.29) is 5.92 Å². The number of methoxy groups -OCH3 is 2. The Morgan fingerprint density at radius 1 is 0.900 bits per heavy atom. The summed E-state index contributed by atoms with van der Waals surface area (Å²) in [6.45, 7) is 0. The molecule has 1 fully saturated rings. The van der Waals surface area contributed by atoms with E-state index in [0.29, 0.717) is 12.8 Å². The molecule has 1 saturated carbocycles. The number of rotatable bonds is 4. The molecule has 0 amide bonds. The van der Waals surface area contributed by atoms with Gasteiger partial charge in [-0.2, -0.15) is 0 Å². The van der Waals surface area contributed by atoms with E-state index in [1.807, 2.05) is 6.07 Å². The highest BCUT2D eigenvalue weighted by Gasteiger charge is 2.51. The number of aryl methyl sites for hydroxylation is 1. The summed E-state index contributed by atoms with van der Waals surface area (Å²) in [5.41, 5.74) is 3.65. The van der Waals surface area contributed by atoms with Crippen LogP contribution in [0.25, 0.3) is 22.2 Å². The number of para-hydroxylation sites is 1. The first-order chi connectivity index (χ1) is 14.5. The van der Waals surface area contributed by atoms with Crippen molar-refractivity contribution in [2.45, 2.75) is 31.6 Å². The van der Waals surface area contributed by atoms with Crippen molar-refractivity contribution in [3.8, 4) is 11.3 Å². The molecule has 1 heterocycles. The summed E-state index contributed by atoms with van der Waals surface area (Å²) in [5, 5.41) is 1.23. The quantitative estimate of drug-likeness (QED) is 0.461. The minimum absolute atomic E-state index is 0.244. The second-order valence-electron chi connectivity index (χ2n) is 8.04. The Labute approximate surface area is 176 Å². The van der Waals surface area contributed by atoms with E-state index in [2.05, 4.69) is 60.1 Å². The lowest BCUT2D eigenvalue weighted by Crippen LogP contribution is -2.43. The highest BCUT2D eigenvalue weighted by atomic mass is 16.5. The molecule has 0 bridgehead atoms. The van der Waals surface area contributed by atoms with Gasteiger partial charge < -0.3 is 14.0 Å². The Hall–Kier alpha value is -3.08. The number of hydrogen-bond acceptors (Lipinski definition) is 4. The molecule has 30 heavy (non-hydrogen) atoms. The first-order valence-electron chi connectivity index (χ1n) is 10.3. The second-order valence-corrected chi connectivity index (χ2v) is 8.04. The van der Waals surface area contributed by atoms with Gasteiger partial charge in [-0.3, -0.25) is 9.59 Å². The molecule has 0 saturated heterocycles. The minimum atomic E-state index is -1.20. The van der Waals surface area contributed by atoms with Crippen LogP contribution in [0.15, 0.2) is 54.6 Å². The molecule has 5 nitrogen and oxygen atoms in total. The maximum atomic E-state index is 12.5. The summed E-state index contributed by atoms with van der Waals surface area (Å²) in [4.78, 5) is 25.0. The van der Waals surface area contributed by atoms with E-state index >= 15 is 0 Å². The van der Waals surface area contributed by atoms with Crippen molar-refractivity contribution in [1.82, 2.24) is 4.57 Å². The number of esters is 2. The van der Waals surface area contributed by atoms with Crippen LogP contribution in [0.4, 0.5) is 0 Å². The SMILES string of the molecule is COC(=O)C1(C(=O)OC)CCC(c2c(-c3ccccc3)n(C)c3ccccc23)CC1. The Balaban J connectivity index is 1.78. The molecule has 0 spiro atoms. The zero-order valence-corrected chi connectivity index (χ0v) is 17.7. The molecule has 4 rings (SSSR count). The molecule has 156 valence electrons. The van der Waals surface area contributed by atoms with Gasteiger partial charge in [-0.1, -0.05) is 48.5 Å². The zero-order chi connectivity index (χ0) is 21.3. The number of ether oxygens (including phenoxy) is 2. The summed E-state index contributed by atoms with van der Waals surface area (Å²) in [6.07, 6.45) is 2.29. The summed E-state index contributed by atoms with van der Waals surface area (Å²) in [7, 11) is 4.76. The largest absolute Gasteiger partial charge is 0.468 e. The predicted octanol–water partition coefficient (Wildman–Crippen LogP) is 4.84. The molecule has 1 aromatic heterocycles. The minimum Gasteiger partial charge on any atom is -0.468 e. The highest BCUT2D eigenvalue weighted by molar-refractivity contribution is 6.00. The Morgan fingerprint density at radius 3 is 2.07 bits per heavy atom. The fourth-order valence-electron chi connectivity index (χ4n) is 5.06. The molecule has 0 radical (unpaired) electrons. The molecule has 0 atom stereocenters. The van der Waals surface area contributed by atoms with Crippen LogP contribution in [0.1, 0.15) is 37.2 Å². The molecular formula is C25H27NO4. The van der Waals surface area contributed by atoms with E-state index in [1.165, 1.54) is 41.9 Å². The normalized spacial score (nSPS) is 16.4. The van der Waals surface area contributed by atoms with Crippen LogP contribution in [-0.2, 0) is 26.1 Å². The van der Waals surface area contributed by atoms with Gasteiger partial charge in [0.1, 0.15) is 0 Å². The number of carbonyl (C=O) groups is 2. The number of aromatic nitrogens is 1. The van der Waals surface area contributed by atoms with Crippen molar-refractivity contribution in [2.75, 3.05) is 14.2 Å². The van der Waals surface area contributed by atoms with Crippen LogP contribution in [0.3, 0.4) is 0 Å².